The standard InChI is InChI=1S/C19H22FNO3/c20-11-14-10-16(18(23)19(24)17(14)22)21-9-8-13-6-3-5-12-4-1-2-7-15(12)13/h1-7,10,16-19,21-24H,8-9,11H2/t16-,17+,18+,19+/m1/s1. The number of benzene rings is 2. The molecule has 0 bridgehead atoms. The number of rotatable bonds is 5. The van der Waals surface area contributed by atoms with E-state index in [1.54, 1.807) is 0 Å². The lowest BCUT2D eigenvalue weighted by molar-refractivity contribution is -0.0628. The minimum absolute atomic E-state index is 0.107. The van der Waals surface area contributed by atoms with Gasteiger partial charge in [-0.3, -0.25) is 0 Å². The van der Waals surface area contributed by atoms with Crippen molar-refractivity contribution in [2.45, 2.75) is 30.8 Å². The first-order valence-corrected chi connectivity index (χ1v) is 8.12. The molecule has 3 rings (SSSR count). The van der Waals surface area contributed by atoms with Crippen LogP contribution in [0.2, 0.25) is 0 Å². The Morgan fingerprint density at radius 3 is 2.50 bits per heavy atom. The molecule has 0 amide bonds. The first-order chi connectivity index (χ1) is 11.6. The van der Waals surface area contributed by atoms with Crippen molar-refractivity contribution >= 4 is 10.8 Å². The lowest BCUT2D eigenvalue weighted by Gasteiger charge is -2.34. The van der Waals surface area contributed by atoms with E-state index in [2.05, 4.69) is 29.6 Å². The second kappa shape index (κ2) is 7.40. The highest BCUT2D eigenvalue weighted by Crippen LogP contribution is 2.22. The third-order valence-electron chi connectivity index (χ3n) is 4.62. The molecule has 4 atom stereocenters. The van der Waals surface area contributed by atoms with Crippen LogP contribution in [0, 0.1) is 0 Å². The van der Waals surface area contributed by atoms with E-state index in [9.17, 15) is 19.7 Å². The van der Waals surface area contributed by atoms with Gasteiger partial charge in [0.25, 0.3) is 0 Å². The van der Waals surface area contributed by atoms with Crippen LogP contribution in [0.5, 0.6) is 0 Å². The third kappa shape index (κ3) is 3.35. The van der Waals surface area contributed by atoms with Crippen molar-refractivity contribution < 1.29 is 19.7 Å². The molecule has 0 heterocycles. The Labute approximate surface area is 140 Å². The Morgan fingerprint density at radius 1 is 0.958 bits per heavy atom. The molecule has 24 heavy (non-hydrogen) atoms. The minimum Gasteiger partial charge on any atom is -0.388 e. The number of hydrogen-bond donors (Lipinski definition) is 4. The minimum atomic E-state index is -1.38. The van der Waals surface area contributed by atoms with E-state index in [1.807, 2.05) is 18.2 Å². The van der Waals surface area contributed by atoms with Crippen LogP contribution in [0.1, 0.15) is 5.56 Å². The van der Waals surface area contributed by atoms with Gasteiger partial charge in [0.1, 0.15) is 25.0 Å². The highest BCUT2D eigenvalue weighted by atomic mass is 19.1. The van der Waals surface area contributed by atoms with Gasteiger partial charge in [-0.1, -0.05) is 48.5 Å². The Morgan fingerprint density at radius 2 is 1.71 bits per heavy atom. The topological polar surface area (TPSA) is 72.7 Å². The fourth-order valence-electron chi connectivity index (χ4n) is 3.23. The predicted octanol–water partition coefficient (Wildman–Crippen LogP) is 1.33. The predicted molar refractivity (Wildman–Crippen MR) is 91.5 cm³/mol. The molecule has 4 nitrogen and oxygen atoms in total. The number of aliphatic hydroxyl groups excluding tert-OH is 3. The lowest BCUT2D eigenvalue weighted by Crippen LogP contribution is -2.54. The van der Waals surface area contributed by atoms with Crippen molar-refractivity contribution in [1.29, 1.82) is 0 Å². The van der Waals surface area contributed by atoms with E-state index in [0.717, 1.165) is 6.42 Å². The Kier molecular flexibility index (Phi) is 5.26. The SMILES string of the molecule is O[C@@H]1[C@@H](O)[C@@H](O)C(CF)=C[C@H]1NCCc1cccc2ccccc12. The summed E-state index contributed by atoms with van der Waals surface area (Å²) in [6.07, 6.45) is -1.67. The van der Waals surface area contributed by atoms with E-state index in [-0.39, 0.29) is 5.57 Å². The van der Waals surface area contributed by atoms with Gasteiger partial charge < -0.3 is 20.6 Å². The van der Waals surface area contributed by atoms with Gasteiger partial charge in [-0.2, -0.15) is 0 Å². The molecule has 1 aliphatic rings. The van der Waals surface area contributed by atoms with Crippen LogP contribution in [-0.4, -0.2) is 52.9 Å². The van der Waals surface area contributed by atoms with Crippen molar-refractivity contribution in [2.75, 3.05) is 13.2 Å². The molecule has 5 heteroatoms. The quantitative estimate of drug-likeness (QED) is 0.624. The summed E-state index contributed by atoms with van der Waals surface area (Å²) in [5, 5.41) is 35.1. The average Bonchev–Trinajstić information content (AvgIpc) is 2.62. The molecule has 2 aromatic rings. The maximum atomic E-state index is 12.9. The fraction of sp³-hybridized carbons (Fsp3) is 0.368. The number of hydrogen-bond acceptors (Lipinski definition) is 4. The van der Waals surface area contributed by atoms with Gasteiger partial charge in [-0.05, 0) is 34.9 Å². The van der Waals surface area contributed by atoms with Gasteiger partial charge in [0.05, 0.1) is 6.04 Å². The van der Waals surface area contributed by atoms with Crippen LogP contribution >= 0.6 is 0 Å². The normalized spacial score (nSPS) is 27.2. The van der Waals surface area contributed by atoms with Crippen molar-refractivity contribution in [1.82, 2.24) is 5.32 Å². The van der Waals surface area contributed by atoms with Gasteiger partial charge in [0.15, 0.2) is 0 Å². The van der Waals surface area contributed by atoms with E-state index < -0.39 is 31.0 Å². The summed E-state index contributed by atoms with van der Waals surface area (Å²) in [6, 6.07) is 13.7. The van der Waals surface area contributed by atoms with Crippen molar-refractivity contribution in [3.05, 3.63) is 59.7 Å². The van der Waals surface area contributed by atoms with Crippen molar-refractivity contribution in [3.63, 3.8) is 0 Å². The molecule has 1 aliphatic carbocycles. The third-order valence-corrected chi connectivity index (χ3v) is 4.62. The van der Waals surface area contributed by atoms with Gasteiger partial charge in [-0.15, -0.1) is 0 Å². The largest absolute Gasteiger partial charge is 0.388 e. The van der Waals surface area contributed by atoms with Gasteiger partial charge in [0.2, 0.25) is 0 Å². The van der Waals surface area contributed by atoms with E-state index in [1.165, 1.54) is 22.4 Å². The summed E-state index contributed by atoms with van der Waals surface area (Å²) < 4.78 is 12.9. The molecule has 0 unspecified atom stereocenters. The number of halogens is 1. The molecule has 128 valence electrons. The van der Waals surface area contributed by atoms with Crippen LogP contribution in [0.25, 0.3) is 10.8 Å². The zero-order valence-corrected chi connectivity index (χ0v) is 13.3. The maximum Gasteiger partial charge on any atom is 0.113 e. The van der Waals surface area contributed by atoms with E-state index in [4.69, 9.17) is 0 Å². The molecular formula is C19H22FNO3. The van der Waals surface area contributed by atoms with Crippen LogP contribution in [0.15, 0.2) is 54.1 Å². The smallest absolute Gasteiger partial charge is 0.113 e. The van der Waals surface area contributed by atoms with Crippen LogP contribution in [0.3, 0.4) is 0 Å². The molecule has 4 N–H and O–H groups in total. The second-order valence-electron chi connectivity index (χ2n) is 6.17. The molecule has 0 spiro atoms. The van der Waals surface area contributed by atoms with Crippen molar-refractivity contribution in [2.24, 2.45) is 0 Å². The molecule has 0 saturated heterocycles. The highest BCUT2D eigenvalue weighted by molar-refractivity contribution is 5.85. The van der Waals surface area contributed by atoms with Crippen LogP contribution < -0.4 is 5.32 Å². The van der Waals surface area contributed by atoms with E-state index >= 15 is 0 Å². The van der Waals surface area contributed by atoms with Crippen molar-refractivity contribution in [3.8, 4) is 0 Å². The molecule has 0 fully saturated rings. The molecule has 0 radical (unpaired) electrons. The first-order valence-electron chi connectivity index (χ1n) is 8.12. The molecule has 0 saturated carbocycles. The summed E-state index contributed by atoms with van der Waals surface area (Å²) in [6.45, 7) is -0.277. The molecule has 0 aliphatic heterocycles. The number of fused-ring (bicyclic) bond motifs is 1. The van der Waals surface area contributed by atoms with Gasteiger partial charge in [0, 0.05) is 0 Å². The number of nitrogens with one attached hydrogen (secondary N) is 1. The highest BCUT2D eigenvalue weighted by Gasteiger charge is 2.36. The summed E-state index contributed by atoms with van der Waals surface area (Å²) in [5.41, 5.74) is 1.29. The molecule has 2 aromatic carbocycles. The summed E-state index contributed by atoms with van der Waals surface area (Å²) in [5.74, 6) is 0. The monoisotopic (exact) mass is 331 g/mol. The average molecular weight is 331 g/mol. The van der Waals surface area contributed by atoms with Crippen LogP contribution in [-0.2, 0) is 6.42 Å². The molecule has 0 aromatic heterocycles. The maximum absolute atomic E-state index is 12.9. The Bertz CT molecular complexity index is 728. The zero-order chi connectivity index (χ0) is 17.1. The first kappa shape index (κ1) is 17.0. The Balaban J connectivity index is 1.68. The number of alkyl halides is 1. The zero-order valence-electron chi connectivity index (χ0n) is 13.3. The van der Waals surface area contributed by atoms with Crippen LogP contribution in [0.4, 0.5) is 4.39 Å². The summed E-state index contributed by atoms with van der Waals surface area (Å²) >= 11 is 0. The second-order valence-corrected chi connectivity index (χ2v) is 6.17. The fourth-order valence-corrected chi connectivity index (χ4v) is 3.23. The van der Waals surface area contributed by atoms with Gasteiger partial charge >= 0.3 is 0 Å². The lowest BCUT2D eigenvalue weighted by atomic mass is 9.88. The van der Waals surface area contributed by atoms with Gasteiger partial charge in [-0.25, -0.2) is 4.39 Å². The molecular weight excluding hydrogens is 309 g/mol. The van der Waals surface area contributed by atoms with E-state index in [0.29, 0.717) is 6.54 Å². The summed E-state index contributed by atoms with van der Waals surface area (Å²) in [4.78, 5) is 0. The summed E-state index contributed by atoms with van der Waals surface area (Å²) in [7, 11) is 0. The Hall–Kier alpha value is -1.79. The number of aliphatic hydroxyl groups is 3.